The second-order valence-electron chi connectivity index (χ2n) is 8.02. The quantitative estimate of drug-likeness (QED) is 0.158. The highest BCUT2D eigenvalue weighted by Gasteiger charge is 2.19. The number of hydrogen-bond donors (Lipinski definition) is 2. The molecule has 6 heteroatoms. The Bertz CT molecular complexity index is 1480. The predicted molar refractivity (Wildman–Crippen MR) is 139 cm³/mol. The lowest BCUT2D eigenvalue weighted by Crippen LogP contribution is -2.10. The van der Waals surface area contributed by atoms with E-state index in [0.29, 0.717) is 30.1 Å². The molecule has 0 aliphatic carbocycles. The molecule has 5 aromatic rings. The van der Waals surface area contributed by atoms with Crippen LogP contribution in [0.1, 0.15) is 27.0 Å². The van der Waals surface area contributed by atoms with Crippen LogP contribution in [0.15, 0.2) is 98.1 Å². The standard InChI is InChI=1S/C29H24N4O2/c1-2-23-24(11-6-12-27(23)33-19-35-18-20-8-4-3-5-9-20)28(34)26-17-32-29-25(26)14-22(16-31-29)21-10-7-13-30-15-21/h2-17,33H,1,18-19H2,(H,31,32). The van der Waals surface area contributed by atoms with Gasteiger partial charge in [0, 0.05) is 63.7 Å². The highest BCUT2D eigenvalue weighted by molar-refractivity contribution is 6.18. The fourth-order valence-corrected chi connectivity index (χ4v) is 4.04. The molecule has 35 heavy (non-hydrogen) atoms. The SMILES string of the molecule is C=Cc1c(NCOCc2ccccc2)cccc1C(=O)c1c[nH]c2ncc(-c3cccnc3)cc12. The first-order valence-corrected chi connectivity index (χ1v) is 11.3. The van der Waals surface area contributed by atoms with E-state index in [1.165, 1.54) is 0 Å². The molecular weight excluding hydrogens is 436 g/mol. The van der Waals surface area contributed by atoms with Crippen LogP contribution in [-0.4, -0.2) is 27.5 Å². The van der Waals surface area contributed by atoms with E-state index in [-0.39, 0.29) is 5.78 Å². The van der Waals surface area contributed by atoms with Gasteiger partial charge in [0.15, 0.2) is 5.78 Å². The summed E-state index contributed by atoms with van der Waals surface area (Å²) in [6.45, 7) is 4.75. The van der Waals surface area contributed by atoms with Crippen molar-refractivity contribution < 1.29 is 9.53 Å². The summed E-state index contributed by atoms with van der Waals surface area (Å²) in [5.41, 5.74) is 6.22. The zero-order chi connectivity index (χ0) is 24.0. The third-order valence-electron chi connectivity index (χ3n) is 5.80. The summed E-state index contributed by atoms with van der Waals surface area (Å²) in [5, 5.41) is 4.03. The van der Waals surface area contributed by atoms with E-state index in [9.17, 15) is 4.79 Å². The number of fused-ring (bicyclic) bond motifs is 1. The van der Waals surface area contributed by atoms with E-state index >= 15 is 0 Å². The number of rotatable bonds is 9. The minimum absolute atomic E-state index is 0.106. The first-order valence-electron chi connectivity index (χ1n) is 11.3. The molecule has 0 fully saturated rings. The Morgan fingerprint density at radius 1 is 1.00 bits per heavy atom. The first kappa shape index (κ1) is 22.3. The molecular formula is C29H24N4O2. The van der Waals surface area contributed by atoms with Gasteiger partial charge in [0.1, 0.15) is 12.4 Å². The van der Waals surface area contributed by atoms with Gasteiger partial charge in [0.25, 0.3) is 0 Å². The van der Waals surface area contributed by atoms with Gasteiger partial charge in [-0.3, -0.25) is 9.78 Å². The van der Waals surface area contributed by atoms with Gasteiger partial charge in [-0.05, 0) is 23.8 Å². The third-order valence-corrected chi connectivity index (χ3v) is 5.80. The number of pyridine rings is 2. The number of hydrogen-bond acceptors (Lipinski definition) is 5. The molecule has 0 aliphatic rings. The second-order valence-corrected chi connectivity index (χ2v) is 8.02. The summed E-state index contributed by atoms with van der Waals surface area (Å²) in [5.74, 6) is -0.106. The molecule has 2 N–H and O–H groups in total. The number of carbonyl (C=O) groups excluding carboxylic acids is 1. The van der Waals surface area contributed by atoms with Crippen molar-refractivity contribution in [3.05, 3.63) is 120 Å². The number of H-pyrrole nitrogens is 1. The van der Waals surface area contributed by atoms with Crippen LogP contribution in [0.2, 0.25) is 0 Å². The minimum atomic E-state index is -0.106. The van der Waals surface area contributed by atoms with Gasteiger partial charge < -0.3 is 15.0 Å². The predicted octanol–water partition coefficient (Wildman–Crippen LogP) is 6.09. The molecule has 0 saturated carbocycles. The fourth-order valence-electron chi connectivity index (χ4n) is 4.04. The van der Waals surface area contributed by atoms with Crippen LogP contribution in [0.5, 0.6) is 0 Å². The van der Waals surface area contributed by atoms with E-state index in [2.05, 4.69) is 26.8 Å². The molecule has 0 unspecified atom stereocenters. The molecule has 3 aromatic heterocycles. The second kappa shape index (κ2) is 10.2. The van der Waals surface area contributed by atoms with Crippen molar-refractivity contribution in [2.45, 2.75) is 6.61 Å². The van der Waals surface area contributed by atoms with Gasteiger partial charge in [0.05, 0.1) is 6.61 Å². The number of carbonyl (C=O) groups is 1. The topological polar surface area (TPSA) is 79.9 Å². The molecule has 0 radical (unpaired) electrons. The Hall–Kier alpha value is -4.55. The minimum Gasteiger partial charge on any atom is -0.362 e. The van der Waals surface area contributed by atoms with Crippen molar-refractivity contribution in [3.63, 3.8) is 0 Å². The van der Waals surface area contributed by atoms with Gasteiger partial charge in [-0.2, -0.15) is 0 Å². The molecule has 0 amide bonds. The lowest BCUT2D eigenvalue weighted by Gasteiger charge is -2.13. The molecule has 0 spiro atoms. The van der Waals surface area contributed by atoms with E-state index < -0.39 is 0 Å². The largest absolute Gasteiger partial charge is 0.362 e. The van der Waals surface area contributed by atoms with Gasteiger partial charge in [-0.1, -0.05) is 61.2 Å². The maximum absolute atomic E-state index is 13.6. The number of anilines is 1. The smallest absolute Gasteiger partial charge is 0.195 e. The van der Waals surface area contributed by atoms with Crippen molar-refractivity contribution in [3.8, 4) is 11.1 Å². The number of ether oxygens (including phenoxy) is 1. The highest BCUT2D eigenvalue weighted by Crippen LogP contribution is 2.29. The number of benzene rings is 2. The van der Waals surface area contributed by atoms with E-state index in [1.807, 2.05) is 66.7 Å². The molecule has 2 aromatic carbocycles. The Morgan fingerprint density at radius 2 is 1.89 bits per heavy atom. The van der Waals surface area contributed by atoms with E-state index in [1.54, 1.807) is 30.9 Å². The van der Waals surface area contributed by atoms with Crippen molar-refractivity contribution in [1.29, 1.82) is 0 Å². The van der Waals surface area contributed by atoms with Gasteiger partial charge in [-0.25, -0.2) is 4.98 Å². The Kier molecular flexibility index (Phi) is 6.46. The monoisotopic (exact) mass is 460 g/mol. The van der Waals surface area contributed by atoms with Crippen LogP contribution in [0.4, 0.5) is 5.69 Å². The number of aromatic amines is 1. The van der Waals surface area contributed by atoms with Crippen LogP contribution in [0.25, 0.3) is 28.2 Å². The van der Waals surface area contributed by atoms with Crippen molar-refractivity contribution in [2.24, 2.45) is 0 Å². The maximum atomic E-state index is 13.6. The molecule has 0 saturated heterocycles. The Morgan fingerprint density at radius 3 is 2.69 bits per heavy atom. The molecule has 0 bridgehead atoms. The highest BCUT2D eigenvalue weighted by atomic mass is 16.5. The zero-order valence-corrected chi connectivity index (χ0v) is 19.1. The van der Waals surface area contributed by atoms with Crippen molar-refractivity contribution in [1.82, 2.24) is 15.0 Å². The number of nitrogens with zero attached hydrogens (tertiary/aromatic N) is 2. The van der Waals surface area contributed by atoms with Crippen LogP contribution in [0, 0.1) is 0 Å². The molecule has 0 atom stereocenters. The average Bonchev–Trinajstić information content (AvgIpc) is 3.35. The molecule has 172 valence electrons. The molecule has 3 heterocycles. The average molecular weight is 461 g/mol. The van der Waals surface area contributed by atoms with Crippen LogP contribution in [-0.2, 0) is 11.3 Å². The lowest BCUT2D eigenvalue weighted by molar-refractivity contribution is 0.104. The first-order chi connectivity index (χ1) is 17.2. The van der Waals surface area contributed by atoms with E-state index in [4.69, 9.17) is 4.74 Å². The molecule has 0 aliphatic heterocycles. The summed E-state index contributed by atoms with van der Waals surface area (Å²) in [4.78, 5) is 25.5. The summed E-state index contributed by atoms with van der Waals surface area (Å²) < 4.78 is 5.76. The van der Waals surface area contributed by atoms with Gasteiger partial charge >= 0.3 is 0 Å². The molecule has 6 nitrogen and oxygen atoms in total. The number of ketones is 1. The Labute approximate surface area is 203 Å². The van der Waals surface area contributed by atoms with Crippen LogP contribution >= 0.6 is 0 Å². The van der Waals surface area contributed by atoms with Crippen molar-refractivity contribution >= 4 is 28.6 Å². The van der Waals surface area contributed by atoms with Gasteiger partial charge in [0.2, 0.25) is 0 Å². The number of aromatic nitrogens is 3. The summed E-state index contributed by atoms with van der Waals surface area (Å²) in [6, 6.07) is 21.4. The lowest BCUT2D eigenvalue weighted by atomic mass is 9.96. The fraction of sp³-hybridized carbons (Fsp3) is 0.0690. The summed E-state index contributed by atoms with van der Waals surface area (Å²) in [7, 11) is 0. The van der Waals surface area contributed by atoms with Crippen molar-refractivity contribution in [2.75, 3.05) is 12.0 Å². The Balaban J connectivity index is 1.39. The summed E-state index contributed by atoms with van der Waals surface area (Å²) in [6.07, 6.45) is 8.69. The molecule has 5 rings (SSSR count). The zero-order valence-electron chi connectivity index (χ0n) is 19.1. The van der Waals surface area contributed by atoms with Crippen LogP contribution < -0.4 is 5.32 Å². The number of nitrogens with one attached hydrogen (secondary N) is 2. The summed E-state index contributed by atoms with van der Waals surface area (Å²) >= 11 is 0. The maximum Gasteiger partial charge on any atom is 0.195 e. The third kappa shape index (κ3) is 4.74. The van der Waals surface area contributed by atoms with Crippen LogP contribution in [0.3, 0.4) is 0 Å². The van der Waals surface area contributed by atoms with Gasteiger partial charge in [-0.15, -0.1) is 0 Å². The van der Waals surface area contributed by atoms with E-state index in [0.717, 1.165) is 33.3 Å². The normalized spacial score (nSPS) is 10.9.